The van der Waals surface area contributed by atoms with Crippen molar-refractivity contribution >= 4 is 40.3 Å². The molecular formula is C48H58N12O5. The summed E-state index contributed by atoms with van der Waals surface area (Å²) in [6.07, 6.45) is 6.23. The Balaban J connectivity index is 0.815. The van der Waals surface area contributed by atoms with Crippen molar-refractivity contribution in [3.05, 3.63) is 89.1 Å². The molecule has 17 nitrogen and oxygen atoms in total. The van der Waals surface area contributed by atoms with Crippen molar-refractivity contribution in [1.82, 2.24) is 50.4 Å². The smallest absolute Gasteiger partial charge is 0.328 e. The third kappa shape index (κ3) is 8.99. The molecule has 0 bridgehead atoms. The zero-order valence-corrected chi connectivity index (χ0v) is 38.0. The van der Waals surface area contributed by atoms with Gasteiger partial charge in [-0.25, -0.2) is 14.8 Å². The number of aromatic nitrogens is 7. The van der Waals surface area contributed by atoms with Crippen LogP contribution in [0.5, 0.6) is 0 Å². The second-order valence-electron chi connectivity index (χ2n) is 18.8. The Kier molecular flexibility index (Phi) is 12.0. The van der Waals surface area contributed by atoms with Gasteiger partial charge in [-0.2, -0.15) is 10.1 Å². The number of rotatable bonds is 11. The Morgan fingerprint density at radius 1 is 0.954 bits per heavy atom. The number of imide groups is 1. The van der Waals surface area contributed by atoms with Crippen LogP contribution < -0.4 is 20.4 Å². The summed E-state index contributed by atoms with van der Waals surface area (Å²) in [4.78, 5) is 60.7. The Bertz CT molecular complexity index is 2720. The van der Waals surface area contributed by atoms with Gasteiger partial charge in [0.2, 0.25) is 5.91 Å². The monoisotopic (exact) mass is 882 g/mol. The van der Waals surface area contributed by atoms with Crippen LogP contribution in [-0.2, 0) is 16.8 Å². The van der Waals surface area contributed by atoms with Gasteiger partial charge in [0.05, 0.1) is 35.8 Å². The van der Waals surface area contributed by atoms with Gasteiger partial charge in [-0.05, 0) is 99.9 Å². The number of amides is 4. The number of aryl methyl sites for hydroxylation is 1. The Morgan fingerprint density at radius 2 is 1.69 bits per heavy atom. The number of anilines is 2. The van der Waals surface area contributed by atoms with Gasteiger partial charge in [-0.3, -0.25) is 24.5 Å². The van der Waals surface area contributed by atoms with Crippen LogP contribution >= 0.6 is 0 Å². The lowest BCUT2D eigenvalue weighted by Crippen LogP contribution is -2.49. The van der Waals surface area contributed by atoms with Crippen molar-refractivity contribution in [2.45, 2.75) is 97.8 Å². The Morgan fingerprint density at radius 3 is 2.38 bits per heavy atom. The van der Waals surface area contributed by atoms with Gasteiger partial charge in [0, 0.05) is 84.7 Å². The van der Waals surface area contributed by atoms with Crippen LogP contribution in [0, 0.1) is 19.8 Å². The molecule has 0 radical (unpaired) electrons. The minimum Gasteiger partial charge on any atom is -0.392 e. The van der Waals surface area contributed by atoms with Gasteiger partial charge in [0.1, 0.15) is 12.0 Å². The second-order valence-corrected chi connectivity index (χ2v) is 18.8. The number of nitrogens with zero attached hydrogens (tertiary/aromatic N) is 9. The molecule has 1 atom stereocenters. The number of carbonyl (C=O) groups excluding carboxylic acids is 3. The number of piperidine rings is 2. The van der Waals surface area contributed by atoms with E-state index in [9.17, 15) is 19.5 Å². The molecule has 3 saturated heterocycles. The van der Waals surface area contributed by atoms with Gasteiger partial charge >= 0.3 is 17.8 Å². The van der Waals surface area contributed by atoms with Gasteiger partial charge in [0.15, 0.2) is 5.82 Å². The van der Waals surface area contributed by atoms with Crippen LogP contribution in [0.25, 0.3) is 33.5 Å². The zero-order chi connectivity index (χ0) is 45.6. The summed E-state index contributed by atoms with van der Waals surface area (Å²) in [7, 11) is 0. The molecule has 0 aliphatic carbocycles. The molecule has 3 aliphatic rings. The lowest BCUT2D eigenvalue weighted by atomic mass is 9.94. The molecule has 3 aliphatic heterocycles. The molecule has 340 valence electrons. The zero-order valence-electron chi connectivity index (χ0n) is 38.0. The van der Waals surface area contributed by atoms with Gasteiger partial charge in [0.25, 0.3) is 0 Å². The molecule has 3 fully saturated rings. The van der Waals surface area contributed by atoms with Crippen LogP contribution in [0.4, 0.5) is 16.2 Å². The third-order valence-electron chi connectivity index (χ3n) is 13.3. The molecule has 0 unspecified atom stereocenters. The van der Waals surface area contributed by atoms with Crippen LogP contribution in [0.15, 0.2) is 59.4 Å². The largest absolute Gasteiger partial charge is 0.392 e. The van der Waals surface area contributed by atoms with Gasteiger partial charge in [-0.15, -0.1) is 0 Å². The lowest BCUT2D eigenvalue weighted by Gasteiger charge is -2.38. The number of hydrogen-bond donors (Lipinski definition) is 4. The molecule has 4 N–H and O–H groups in total. The molecule has 65 heavy (non-hydrogen) atoms. The standard InChI is InChI=1S/C48H58N12O5/c1-28(51-44(63)45-54-46(56-65-45)48(4,5)6)37-12-7-32(23-33(37)26-61)42-38-24-39(52-43(38)50-27-49-42)41-29(2)55-60(30(41)3)36-15-18-57(19-16-36)25-31-13-20-58(21-14-31)34-8-10-35(11-9-34)59-22-17-40(62)53-47(59)64/h7-12,23-24,27-28,31,36,61H,13-22,25-26H2,1-6H3,(H,51,63)(H,49,50,52)(H,53,62,64)/t28-/m1/s1. The topological polar surface area (TPSA) is 204 Å². The van der Waals surface area contributed by atoms with Crippen molar-refractivity contribution in [3.8, 4) is 22.5 Å². The molecule has 17 heteroatoms. The fraction of sp³-hybridized carbons (Fsp3) is 0.458. The van der Waals surface area contributed by atoms with E-state index >= 15 is 0 Å². The van der Waals surface area contributed by atoms with Crippen molar-refractivity contribution in [2.75, 3.05) is 49.1 Å². The number of fused-ring (bicyclic) bond motifs is 1. The van der Waals surface area contributed by atoms with Crippen molar-refractivity contribution < 1.29 is 24.0 Å². The van der Waals surface area contributed by atoms with Crippen LogP contribution in [0.1, 0.15) is 111 Å². The van der Waals surface area contributed by atoms with Crippen molar-refractivity contribution in [3.63, 3.8) is 0 Å². The molecule has 4 aromatic heterocycles. The van der Waals surface area contributed by atoms with E-state index in [1.807, 2.05) is 58.0 Å². The number of urea groups is 1. The highest BCUT2D eigenvalue weighted by Crippen LogP contribution is 2.37. The van der Waals surface area contributed by atoms with Gasteiger partial charge in [-0.1, -0.05) is 38.1 Å². The molecule has 0 spiro atoms. The van der Waals surface area contributed by atoms with Crippen molar-refractivity contribution in [1.29, 1.82) is 0 Å². The highest BCUT2D eigenvalue weighted by Gasteiger charge is 2.30. The van der Waals surface area contributed by atoms with Crippen LogP contribution in [-0.4, -0.2) is 102 Å². The van der Waals surface area contributed by atoms with E-state index in [-0.39, 0.29) is 29.9 Å². The number of aliphatic hydroxyl groups is 1. The number of nitrogens with one attached hydrogen (secondary N) is 3. The lowest BCUT2D eigenvalue weighted by molar-refractivity contribution is -0.120. The third-order valence-corrected chi connectivity index (χ3v) is 13.3. The van der Waals surface area contributed by atoms with E-state index in [1.165, 1.54) is 5.69 Å². The number of benzene rings is 2. The SMILES string of the molecule is Cc1nn(C2CCN(CC3CCN(c4ccc(N5CCC(=O)NC5=O)cc4)CC3)CC2)c(C)c1-c1cc2c(-c3ccc([C@@H](C)NC(=O)c4nc(C(C)(C)C)no4)c(CO)c3)ncnc2[nH]1. The summed E-state index contributed by atoms with van der Waals surface area (Å²) in [6.45, 7) is 17.3. The molecule has 0 saturated carbocycles. The molecule has 6 aromatic rings. The predicted molar refractivity (Wildman–Crippen MR) is 246 cm³/mol. The fourth-order valence-corrected chi connectivity index (χ4v) is 9.72. The molecule has 9 rings (SSSR count). The molecular weight excluding hydrogens is 825 g/mol. The van der Waals surface area contributed by atoms with Crippen LogP contribution in [0.3, 0.4) is 0 Å². The number of H-pyrrole nitrogens is 1. The van der Waals surface area contributed by atoms with E-state index < -0.39 is 11.9 Å². The number of hydrogen-bond acceptors (Lipinski definition) is 12. The number of carbonyl (C=O) groups is 3. The number of likely N-dealkylation sites (tertiary alicyclic amines) is 1. The summed E-state index contributed by atoms with van der Waals surface area (Å²) in [5.74, 6) is 0.293. The minimum atomic E-state index is -0.483. The average molecular weight is 883 g/mol. The fourth-order valence-electron chi connectivity index (χ4n) is 9.72. The average Bonchev–Trinajstić information content (AvgIpc) is 4.04. The molecule has 7 heterocycles. The molecule has 2 aromatic carbocycles. The first-order chi connectivity index (χ1) is 31.2. The highest BCUT2D eigenvalue weighted by molar-refractivity contribution is 6.05. The van der Waals surface area contributed by atoms with E-state index in [2.05, 4.69) is 77.3 Å². The normalized spacial score (nSPS) is 17.5. The van der Waals surface area contributed by atoms with E-state index in [4.69, 9.17) is 14.6 Å². The maximum absolute atomic E-state index is 13.0. The summed E-state index contributed by atoms with van der Waals surface area (Å²) in [5, 5.41) is 25.7. The first-order valence-electron chi connectivity index (χ1n) is 22.7. The second kappa shape index (κ2) is 17.8. The Hall–Kier alpha value is -6.46. The summed E-state index contributed by atoms with van der Waals surface area (Å²) in [5.41, 5.74) is 9.38. The molecule has 4 amide bonds. The van der Waals surface area contributed by atoms with Crippen molar-refractivity contribution in [2.24, 2.45) is 5.92 Å². The summed E-state index contributed by atoms with van der Waals surface area (Å²) in [6, 6.07) is 15.5. The summed E-state index contributed by atoms with van der Waals surface area (Å²) < 4.78 is 7.47. The first-order valence-corrected chi connectivity index (χ1v) is 22.7. The van der Waals surface area contributed by atoms with Crippen LogP contribution in [0.2, 0.25) is 0 Å². The highest BCUT2D eigenvalue weighted by atomic mass is 16.5. The summed E-state index contributed by atoms with van der Waals surface area (Å²) >= 11 is 0. The maximum atomic E-state index is 13.0. The van der Waals surface area contributed by atoms with Gasteiger partial charge < -0.3 is 29.7 Å². The van der Waals surface area contributed by atoms with E-state index in [0.717, 1.165) is 109 Å². The quantitative estimate of drug-likeness (QED) is 0.107. The van der Waals surface area contributed by atoms with E-state index in [1.54, 1.807) is 11.2 Å². The maximum Gasteiger partial charge on any atom is 0.328 e. The number of aromatic amines is 1. The predicted octanol–water partition coefficient (Wildman–Crippen LogP) is 6.77. The number of aliphatic hydroxyl groups excluding tert-OH is 1. The Labute approximate surface area is 378 Å². The minimum absolute atomic E-state index is 0.105. The first kappa shape index (κ1) is 43.8. The van der Waals surface area contributed by atoms with E-state index in [0.29, 0.717) is 42.0 Å².